The molecule has 0 fully saturated rings. The molecule has 78 valence electrons. The fourth-order valence-corrected chi connectivity index (χ4v) is 1.44. The molecule has 0 unspecified atom stereocenters. The third kappa shape index (κ3) is 2.04. The van der Waals surface area contributed by atoms with Crippen molar-refractivity contribution in [3.8, 4) is 17.5 Å². The van der Waals surface area contributed by atoms with E-state index in [1.807, 2.05) is 26.0 Å². The van der Waals surface area contributed by atoms with Gasteiger partial charge in [0.1, 0.15) is 11.6 Å². The molecule has 0 bridgehead atoms. The minimum Gasteiger partial charge on any atom is -0.219 e. The fourth-order valence-electron chi connectivity index (χ4n) is 1.44. The Morgan fingerprint density at radius 1 is 0.938 bits per heavy atom. The maximum Gasteiger partial charge on any atom is 0.163 e. The number of hydrogen-bond donors (Lipinski definition) is 0. The Balaban J connectivity index is 2.47. The summed E-state index contributed by atoms with van der Waals surface area (Å²) in [4.78, 5) is 12.6. The van der Waals surface area contributed by atoms with Gasteiger partial charge in [0.05, 0.1) is 11.6 Å². The normalized spacial score (nSPS) is 9.81. The molecule has 0 aliphatic rings. The van der Waals surface area contributed by atoms with Crippen molar-refractivity contribution in [1.29, 1.82) is 5.26 Å². The molecular formula is C12H10N4. The first kappa shape index (κ1) is 10.2. The van der Waals surface area contributed by atoms with Crippen LogP contribution in [0.2, 0.25) is 0 Å². The van der Waals surface area contributed by atoms with E-state index in [1.165, 1.54) is 0 Å². The van der Waals surface area contributed by atoms with E-state index in [4.69, 9.17) is 5.26 Å². The van der Waals surface area contributed by atoms with Crippen LogP contribution in [0.25, 0.3) is 11.4 Å². The zero-order valence-corrected chi connectivity index (χ0v) is 9.10. The van der Waals surface area contributed by atoms with E-state index < -0.39 is 0 Å². The molecule has 0 aliphatic heterocycles. The molecule has 0 radical (unpaired) electrons. The summed E-state index contributed by atoms with van der Waals surface area (Å²) in [6, 6.07) is 9.26. The van der Waals surface area contributed by atoms with Crippen molar-refractivity contribution in [1.82, 2.24) is 15.0 Å². The van der Waals surface area contributed by atoms with Gasteiger partial charge in [0.25, 0.3) is 0 Å². The van der Waals surface area contributed by atoms with E-state index in [0.717, 1.165) is 5.56 Å². The maximum absolute atomic E-state index is 8.70. The van der Waals surface area contributed by atoms with Gasteiger partial charge in [0.2, 0.25) is 0 Å². The molecule has 0 saturated carbocycles. The highest BCUT2D eigenvalue weighted by Crippen LogP contribution is 2.15. The average molecular weight is 210 g/mol. The molecule has 0 aliphatic carbocycles. The lowest BCUT2D eigenvalue weighted by Gasteiger charge is -2.02. The second-order valence-electron chi connectivity index (χ2n) is 3.44. The van der Waals surface area contributed by atoms with Gasteiger partial charge in [-0.25, -0.2) is 15.0 Å². The summed E-state index contributed by atoms with van der Waals surface area (Å²) >= 11 is 0. The van der Waals surface area contributed by atoms with Crippen molar-refractivity contribution in [2.24, 2.45) is 0 Å². The first-order valence-corrected chi connectivity index (χ1v) is 4.89. The van der Waals surface area contributed by atoms with Crippen molar-refractivity contribution < 1.29 is 0 Å². The van der Waals surface area contributed by atoms with Crippen LogP contribution in [0, 0.1) is 25.2 Å². The fraction of sp³-hybridized carbons (Fsp3) is 0.167. The van der Waals surface area contributed by atoms with E-state index in [0.29, 0.717) is 23.0 Å². The molecule has 2 rings (SSSR count). The van der Waals surface area contributed by atoms with Crippen molar-refractivity contribution in [3.05, 3.63) is 41.5 Å². The Kier molecular flexibility index (Phi) is 2.61. The van der Waals surface area contributed by atoms with Gasteiger partial charge in [-0.15, -0.1) is 0 Å². The second-order valence-corrected chi connectivity index (χ2v) is 3.44. The number of aryl methyl sites for hydroxylation is 2. The molecule has 0 spiro atoms. The molecule has 0 N–H and O–H groups in total. The number of hydrogen-bond acceptors (Lipinski definition) is 4. The zero-order chi connectivity index (χ0) is 11.5. The highest BCUT2D eigenvalue weighted by Gasteiger charge is 2.03. The monoisotopic (exact) mass is 210 g/mol. The summed E-state index contributed by atoms with van der Waals surface area (Å²) in [5.41, 5.74) is 1.53. The van der Waals surface area contributed by atoms with Crippen LogP contribution in [0.1, 0.15) is 17.2 Å². The first-order valence-electron chi connectivity index (χ1n) is 4.89. The van der Waals surface area contributed by atoms with Gasteiger partial charge < -0.3 is 0 Å². The summed E-state index contributed by atoms with van der Waals surface area (Å²) in [6.45, 7) is 3.67. The highest BCUT2D eigenvalue weighted by atomic mass is 15.0. The quantitative estimate of drug-likeness (QED) is 0.722. The second kappa shape index (κ2) is 4.07. The first-order chi connectivity index (χ1) is 7.69. The predicted octanol–water partition coefficient (Wildman–Crippen LogP) is 2.03. The van der Waals surface area contributed by atoms with E-state index in [-0.39, 0.29) is 0 Å². The third-order valence-corrected chi connectivity index (χ3v) is 2.13. The number of rotatable bonds is 1. The van der Waals surface area contributed by atoms with E-state index in [2.05, 4.69) is 21.0 Å². The molecule has 1 aromatic carbocycles. The van der Waals surface area contributed by atoms with Gasteiger partial charge >= 0.3 is 0 Å². The van der Waals surface area contributed by atoms with Gasteiger partial charge in [0.15, 0.2) is 5.82 Å². The lowest BCUT2D eigenvalue weighted by molar-refractivity contribution is 0.928. The topological polar surface area (TPSA) is 62.5 Å². The summed E-state index contributed by atoms with van der Waals surface area (Å²) in [5, 5.41) is 8.70. The van der Waals surface area contributed by atoms with Crippen LogP contribution in [0.5, 0.6) is 0 Å². The Morgan fingerprint density at radius 3 is 2.00 bits per heavy atom. The van der Waals surface area contributed by atoms with Crippen LogP contribution in [-0.2, 0) is 0 Å². The summed E-state index contributed by atoms with van der Waals surface area (Å²) in [6.07, 6.45) is 0. The Hall–Kier alpha value is -2.28. The van der Waals surface area contributed by atoms with Gasteiger partial charge in [-0.3, -0.25) is 0 Å². The molecule has 2 aromatic rings. The van der Waals surface area contributed by atoms with Crippen molar-refractivity contribution in [2.45, 2.75) is 13.8 Å². The SMILES string of the molecule is Cc1nc(C)nc(-c2ccc(C#N)cc2)n1. The van der Waals surface area contributed by atoms with Crippen molar-refractivity contribution in [3.63, 3.8) is 0 Å². The summed E-state index contributed by atoms with van der Waals surface area (Å²) in [7, 11) is 0. The molecule has 0 saturated heterocycles. The minimum atomic E-state index is 0.631. The van der Waals surface area contributed by atoms with Crippen LogP contribution < -0.4 is 0 Å². The lowest BCUT2D eigenvalue weighted by Crippen LogP contribution is -1.98. The molecule has 16 heavy (non-hydrogen) atoms. The molecule has 1 aromatic heterocycles. The number of nitriles is 1. The van der Waals surface area contributed by atoms with Gasteiger partial charge in [0, 0.05) is 5.56 Å². The molecule has 0 amide bonds. The summed E-state index contributed by atoms with van der Waals surface area (Å²) < 4.78 is 0. The molecule has 4 heteroatoms. The Bertz CT molecular complexity index is 532. The molecule has 0 atom stereocenters. The van der Waals surface area contributed by atoms with Gasteiger partial charge in [-0.1, -0.05) is 0 Å². The number of aromatic nitrogens is 3. The summed E-state index contributed by atoms with van der Waals surface area (Å²) in [5.74, 6) is 2.05. The van der Waals surface area contributed by atoms with Gasteiger partial charge in [-0.05, 0) is 38.1 Å². The van der Waals surface area contributed by atoms with E-state index in [1.54, 1.807) is 12.1 Å². The van der Waals surface area contributed by atoms with Crippen LogP contribution in [0.4, 0.5) is 0 Å². The largest absolute Gasteiger partial charge is 0.219 e. The zero-order valence-electron chi connectivity index (χ0n) is 9.10. The minimum absolute atomic E-state index is 0.631. The average Bonchev–Trinajstić information content (AvgIpc) is 2.28. The standard InChI is InChI=1S/C12H10N4/c1-8-14-9(2)16-12(15-8)11-5-3-10(7-13)4-6-11/h3-6H,1-2H3. The molecule has 1 heterocycles. The van der Waals surface area contributed by atoms with Crippen LogP contribution in [-0.4, -0.2) is 15.0 Å². The van der Waals surface area contributed by atoms with E-state index >= 15 is 0 Å². The Morgan fingerprint density at radius 2 is 1.50 bits per heavy atom. The number of nitrogens with zero attached hydrogens (tertiary/aromatic N) is 4. The lowest BCUT2D eigenvalue weighted by atomic mass is 10.1. The maximum atomic E-state index is 8.70. The molecular weight excluding hydrogens is 200 g/mol. The molecule has 4 nitrogen and oxygen atoms in total. The highest BCUT2D eigenvalue weighted by molar-refractivity contribution is 5.56. The van der Waals surface area contributed by atoms with Crippen LogP contribution in [0.3, 0.4) is 0 Å². The number of benzene rings is 1. The van der Waals surface area contributed by atoms with Crippen LogP contribution >= 0.6 is 0 Å². The van der Waals surface area contributed by atoms with Crippen molar-refractivity contribution >= 4 is 0 Å². The van der Waals surface area contributed by atoms with Gasteiger partial charge in [-0.2, -0.15) is 5.26 Å². The van der Waals surface area contributed by atoms with E-state index in [9.17, 15) is 0 Å². The Labute approximate surface area is 93.6 Å². The smallest absolute Gasteiger partial charge is 0.163 e. The third-order valence-electron chi connectivity index (χ3n) is 2.13. The predicted molar refractivity (Wildman–Crippen MR) is 59.5 cm³/mol. The van der Waals surface area contributed by atoms with Crippen molar-refractivity contribution in [2.75, 3.05) is 0 Å². The van der Waals surface area contributed by atoms with Crippen LogP contribution in [0.15, 0.2) is 24.3 Å².